The fraction of sp³-hybridized carbons (Fsp3) is 0.300. The van der Waals surface area contributed by atoms with Crippen molar-refractivity contribution in [3.8, 4) is 5.75 Å². The zero-order valence-electron chi connectivity index (χ0n) is 25.0. The Morgan fingerprint density at radius 3 is 1.94 bits per heavy atom. The van der Waals surface area contributed by atoms with Gasteiger partial charge in [0.25, 0.3) is 0 Å². The van der Waals surface area contributed by atoms with E-state index < -0.39 is 30.4 Å². The molecule has 0 saturated carbocycles. The molecule has 0 aliphatic heterocycles. The van der Waals surface area contributed by atoms with E-state index in [2.05, 4.69) is 33.8 Å². The Bertz CT molecular complexity index is 1720. The van der Waals surface area contributed by atoms with Crippen molar-refractivity contribution in [2.24, 2.45) is 0 Å². The molecule has 49 heavy (non-hydrogen) atoms. The average molecular weight is 761 g/mol. The van der Waals surface area contributed by atoms with E-state index >= 15 is 0 Å². The van der Waals surface area contributed by atoms with Crippen LogP contribution in [0.4, 0.5) is 26.3 Å². The van der Waals surface area contributed by atoms with Crippen molar-refractivity contribution in [3.05, 3.63) is 96.6 Å². The van der Waals surface area contributed by atoms with Crippen LogP contribution in [0, 0.1) is 0 Å². The van der Waals surface area contributed by atoms with Crippen LogP contribution in [-0.2, 0) is 29.0 Å². The minimum absolute atomic E-state index is 0.00397. The fourth-order valence-corrected chi connectivity index (χ4v) is 5.50. The summed E-state index contributed by atoms with van der Waals surface area (Å²) < 4.78 is 64.1. The van der Waals surface area contributed by atoms with E-state index in [1.165, 1.54) is 17.2 Å². The van der Waals surface area contributed by atoms with Gasteiger partial charge in [-0.15, -0.1) is 0 Å². The maximum atomic E-state index is 11.7. The first-order valence-electron chi connectivity index (χ1n) is 13.9. The van der Waals surface area contributed by atoms with Gasteiger partial charge in [0.1, 0.15) is 11.3 Å². The number of aromatic amines is 1. The quantitative estimate of drug-likeness (QED) is 0.0709. The van der Waals surface area contributed by atoms with Crippen LogP contribution in [0.5, 0.6) is 5.75 Å². The number of aliphatic carboxylic acids is 2. The van der Waals surface area contributed by atoms with Gasteiger partial charge in [0.05, 0.1) is 10.8 Å². The van der Waals surface area contributed by atoms with Gasteiger partial charge in [-0.2, -0.15) is 26.3 Å². The highest BCUT2D eigenvalue weighted by molar-refractivity contribution is 7.16. The SMILES string of the molecule is O=C(O)C(F)(F)F.O=C(O)C(F)(F)F.O=c1[nH]c2c(O)ccc([C@@H](O)CNCCc3cccc(CNCCc4c(Cl)cccc4Cl)c3)c2s1. The Labute approximate surface area is 287 Å². The van der Waals surface area contributed by atoms with Crippen molar-refractivity contribution in [3.63, 3.8) is 0 Å². The number of carbonyl (C=O) groups is 2. The van der Waals surface area contributed by atoms with E-state index in [0.29, 0.717) is 38.9 Å². The first-order valence-corrected chi connectivity index (χ1v) is 15.4. The summed E-state index contributed by atoms with van der Waals surface area (Å²) >= 11 is 13.5. The molecule has 3 aromatic carbocycles. The second kappa shape index (κ2) is 18.8. The average Bonchev–Trinajstić information content (AvgIpc) is 3.41. The molecular formula is C30H29Cl2F6N3O7S. The molecule has 7 N–H and O–H groups in total. The van der Waals surface area contributed by atoms with Gasteiger partial charge in [0, 0.05) is 28.7 Å². The summed E-state index contributed by atoms with van der Waals surface area (Å²) in [4.78, 5) is 31.8. The normalized spacial score (nSPS) is 12.0. The number of rotatable bonds is 11. The van der Waals surface area contributed by atoms with Gasteiger partial charge in [-0.05, 0) is 60.8 Å². The van der Waals surface area contributed by atoms with Crippen LogP contribution in [0.3, 0.4) is 0 Å². The number of phenolic OH excluding ortho intramolecular Hbond substituents is 1. The van der Waals surface area contributed by atoms with Gasteiger partial charge in [-0.3, -0.25) is 4.79 Å². The van der Waals surface area contributed by atoms with E-state index in [1.807, 2.05) is 24.3 Å². The Morgan fingerprint density at radius 2 is 1.37 bits per heavy atom. The van der Waals surface area contributed by atoms with Gasteiger partial charge in [-0.1, -0.05) is 70.9 Å². The lowest BCUT2D eigenvalue weighted by molar-refractivity contribution is -0.193. The van der Waals surface area contributed by atoms with Crippen LogP contribution in [0.25, 0.3) is 10.2 Å². The number of nitrogens with one attached hydrogen (secondary N) is 3. The van der Waals surface area contributed by atoms with E-state index in [1.54, 1.807) is 6.07 Å². The molecule has 0 aliphatic carbocycles. The minimum atomic E-state index is -5.08. The number of aliphatic hydroxyl groups is 1. The monoisotopic (exact) mass is 759 g/mol. The van der Waals surface area contributed by atoms with Crippen LogP contribution >= 0.6 is 34.5 Å². The molecule has 0 amide bonds. The number of aromatic nitrogens is 1. The minimum Gasteiger partial charge on any atom is -0.506 e. The summed E-state index contributed by atoms with van der Waals surface area (Å²) in [5.41, 5.74) is 4.36. The molecular weight excluding hydrogens is 731 g/mol. The van der Waals surface area contributed by atoms with Crippen molar-refractivity contribution >= 4 is 56.7 Å². The van der Waals surface area contributed by atoms with Crippen molar-refractivity contribution in [1.82, 2.24) is 15.6 Å². The van der Waals surface area contributed by atoms with Gasteiger partial charge in [0.2, 0.25) is 0 Å². The summed E-state index contributed by atoms with van der Waals surface area (Å²) in [7, 11) is 0. The number of thiazole rings is 1. The third kappa shape index (κ3) is 13.9. The molecule has 1 heterocycles. The van der Waals surface area contributed by atoms with Crippen molar-refractivity contribution in [2.75, 3.05) is 19.6 Å². The van der Waals surface area contributed by atoms with E-state index in [0.717, 1.165) is 42.8 Å². The van der Waals surface area contributed by atoms with Gasteiger partial charge >= 0.3 is 29.2 Å². The number of phenols is 1. The molecule has 268 valence electrons. The van der Waals surface area contributed by atoms with Crippen LogP contribution in [0.15, 0.2) is 59.4 Å². The molecule has 0 spiro atoms. The molecule has 1 aromatic heterocycles. The zero-order chi connectivity index (χ0) is 36.9. The molecule has 10 nitrogen and oxygen atoms in total. The Hall–Kier alpha value is -3.87. The first-order chi connectivity index (χ1) is 22.8. The van der Waals surface area contributed by atoms with Gasteiger partial charge in [0.15, 0.2) is 0 Å². The summed E-state index contributed by atoms with van der Waals surface area (Å²) in [6, 6.07) is 17.1. The second-order valence-corrected chi connectivity index (χ2v) is 11.7. The number of aromatic hydroxyl groups is 1. The maximum Gasteiger partial charge on any atom is 0.490 e. The predicted molar refractivity (Wildman–Crippen MR) is 171 cm³/mol. The van der Waals surface area contributed by atoms with Gasteiger partial charge in [-0.25, -0.2) is 9.59 Å². The molecule has 1 atom stereocenters. The van der Waals surface area contributed by atoms with Crippen LogP contribution < -0.4 is 15.5 Å². The molecule has 0 unspecified atom stereocenters. The molecule has 4 rings (SSSR count). The number of alkyl halides is 6. The molecule has 0 bridgehead atoms. The van der Waals surface area contributed by atoms with Gasteiger partial charge < -0.3 is 36.0 Å². The molecule has 0 radical (unpaired) electrons. The third-order valence-electron chi connectivity index (χ3n) is 6.29. The first kappa shape index (κ1) is 41.3. The number of benzene rings is 3. The van der Waals surface area contributed by atoms with Crippen molar-refractivity contribution in [2.45, 2.75) is 37.8 Å². The fourth-order valence-electron chi connectivity index (χ4n) is 4.00. The van der Waals surface area contributed by atoms with Crippen molar-refractivity contribution in [1.29, 1.82) is 0 Å². The number of hydrogen-bond donors (Lipinski definition) is 7. The highest BCUT2D eigenvalue weighted by Gasteiger charge is 2.38. The molecule has 0 aliphatic rings. The van der Waals surface area contributed by atoms with Crippen molar-refractivity contribution < 1.29 is 56.4 Å². The highest BCUT2D eigenvalue weighted by atomic mass is 35.5. The van der Waals surface area contributed by atoms with Crippen LogP contribution in [0.2, 0.25) is 10.0 Å². The lowest BCUT2D eigenvalue weighted by Gasteiger charge is -2.14. The van der Waals surface area contributed by atoms with Crippen LogP contribution in [0.1, 0.15) is 28.4 Å². The number of fused-ring (bicyclic) bond motifs is 1. The molecule has 4 aromatic rings. The van der Waals surface area contributed by atoms with Crippen LogP contribution in [-0.4, -0.2) is 69.3 Å². The largest absolute Gasteiger partial charge is 0.506 e. The molecule has 0 fully saturated rings. The molecule has 0 saturated heterocycles. The topological polar surface area (TPSA) is 172 Å². The maximum absolute atomic E-state index is 11.7. The number of hydrogen-bond acceptors (Lipinski definition) is 8. The van der Waals surface area contributed by atoms with E-state index in [9.17, 15) is 41.4 Å². The van der Waals surface area contributed by atoms with E-state index in [4.69, 9.17) is 43.0 Å². The second-order valence-electron chi connectivity index (χ2n) is 9.92. The lowest BCUT2D eigenvalue weighted by atomic mass is 10.1. The lowest BCUT2D eigenvalue weighted by Crippen LogP contribution is -2.24. The summed E-state index contributed by atoms with van der Waals surface area (Å²) in [5, 5.41) is 42.9. The summed E-state index contributed by atoms with van der Waals surface area (Å²) in [5.74, 6) is -5.51. The Balaban J connectivity index is 0.000000500. The number of halogens is 8. The summed E-state index contributed by atoms with van der Waals surface area (Å²) in [6.45, 7) is 2.56. The summed E-state index contributed by atoms with van der Waals surface area (Å²) in [6.07, 6.45) is -9.37. The van der Waals surface area contributed by atoms with E-state index in [-0.39, 0.29) is 10.6 Å². The Kier molecular flexibility index (Phi) is 15.8. The number of carboxylic acids is 2. The number of H-pyrrole nitrogens is 1. The smallest absolute Gasteiger partial charge is 0.490 e. The number of aliphatic hydroxyl groups excluding tert-OH is 1. The number of carboxylic acid groups (broad SMARTS) is 2. The zero-order valence-corrected chi connectivity index (χ0v) is 27.3. The Morgan fingerprint density at radius 1 is 0.837 bits per heavy atom. The molecule has 19 heteroatoms. The standard InChI is InChI=1S/C26H27Cl2N3O3S.2C2HF3O2/c27-20-5-2-6-21(28)18(20)10-12-29-14-17-4-1-3-16(13-17)9-11-30-15-23(33)19-7-8-22(32)24-25(19)35-26(34)31-24;2*3-2(4,5)1(6)7/h1-8,13,23,29-30,32-33H,9-12,14-15H2,(H,31,34);2*(H,6,7)/t23-;;/m0../s1. The highest BCUT2D eigenvalue weighted by Crippen LogP contribution is 2.31. The third-order valence-corrected chi connectivity index (χ3v) is 7.93. The predicted octanol–water partition coefficient (Wildman–Crippen LogP) is 6.07.